The molecule has 0 aromatic carbocycles. The zero-order valence-corrected chi connectivity index (χ0v) is 9.73. The van der Waals surface area contributed by atoms with E-state index in [2.05, 4.69) is 4.74 Å². The smallest absolute Gasteiger partial charge is 0.325 e. The average Bonchev–Trinajstić information content (AvgIpc) is 2.17. The Morgan fingerprint density at radius 2 is 2.07 bits per heavy atom. The van der Waals surface area contributed by atoms with Crippen molar-refractivity contribution in [2.75, 3.05) is 32.2 Å². The Bertz CT molecular complexity index is 196. The van der Waals surface area contributed by atoms with E-state index in [1.165, 1.54) is 23.8 Å². The Kier molecular flexibility index (Phi) is 7.28. The van der Waals surface area contributed by atoms with Gasteiger partial charge in [-0.3, -0.25) is 9.59 Å². The van der Waals surface area contributed by atoms with Crippen molar-refractivity contribution in [2.45, 2.75) is 13.3 Å². The lowest BCUT2D eigenvalue weighted by molar-refractivity contribution is -0.146. The minimum atomic E-state index is -0.368. The van der Waals surface area contributed by atoms with Gasteiger partial charge in [0, 0.05) is 6.54 Å². The van der Waals surface area contributed by atoms with Gasteiger partial charge in [0.05, 0.1) is 12.9 Å². The van der Waals surface area contributed by atoms with Crippen molar-refractivity contribution >= 4 is 23.6 Å². The zero-order chi connectivity index (χ0) is 11.0. The number of methoxy groups -OCH3 is 1. The quantitative estimate of drug-likeness (QED) is 0.619. The molecule has 14 heavy (non-hydrogen) atoms. The first-order valence-electron chi connectivity index (χ1n) is 4.49. The monoisotopic (exact) mass is 219 g/mol. The topological polar surface area (TPSA) is 46.6 Å². The number of thioether (sulfide) groups is 1. The number of nitrogens with zero attached hydrogens (tertiary/aromatic N) is 1. The third-order valence-electron chi connectivity index (χ3n) is 1.66. The summed E-state index contributed by atoms with van der Waals surface area (Å²) in [4.78, 5) is 24.0. The summed E-state index contributed by atoms with van der Waals surface area (Å²) in [6.07, 6.45) is 2.71. The molecule has 0 saturated heterocycles. The highest BCUT2D eigenvalue weighted by Crippen LogP contribution is 1.99. The molecule has 4 nitrogen and oxygen atoms in total. The molecule has 0 saturated carbocycles. The molecule has 0 bridgehead atoms. The van der Waals surface area contributed by atoms with Gasteiger partial charge in [-0.15, -0.1) is 0 Å². The third-order valence-corrected chi connectivity index (χ3v) is 2.20. The second-order valence-corrected chi connectivity index (χ2v) is 3.69. The number of rotatable bonds is 6. The molecule has 82 valence electrons. The second kappa shape index (κ2) is 7.67. The zero-order valence-electron chi connectivity index (χ0n) is 8.91. The minimum Gasteiger partial charge on any atom is -0.468 e. The van der Waals surface area contributed by atoms with Gasteiger partial charge in [-0.25, -0.2) is 0 Å². The van der Waals surface area contributed by atoms with E-state index in [1.54, 1.807) is 0 Å². The van der Waals surface area contributed by atoms with E-state index in [9.17, 15) is 9.59 Å². The lowest BCUT2D eigenvalue weighted by Gasteiger charge is -2.20. The van der Waals surface area contributed by atoms with E-state index < -0.39 is 0 Å². The van der Waals surface area contributed by atoms with Crippen molar-refractivity contribution in [3.63, 3.8) is 0 Å². The first-order valence-corrected chi connectivity index (χ1v) is 5.88. The molecule has 0 aliphatic carbocycles. The molecule has 5 heteroatoms. The highest BCUT2D eigenvalue weighted by molar-refractivity contribution is 7.99. The van der Waals surface area contributed by atoms with E-state index in [1.807, 2.05) is 13.2 Å². The van der Waals surface area contributed by atoms with Crippen LogP contribution < -0.4 is 0 Å². The van der Waals surface area contributed by atoms with Crippen molar-refractivity contribution in [3.05, 3.63) is 0 Å². The predicted molar refractivity (Wildman–Crippen MR) is 57.3 cm³/mol. The molecule has 1 amide bonds. The van der Waals surface area contributed by atoms with Crippen LogP contribution in [0.1, 0.15) is 13.3 Å². The predicted octanol–water partition coefficient (Wildman–Crippen LogP) is 0.761. The summed E-state index contributed by atoms with van der Waals surface area (Å²) in [6.45, 7) is 2.63. The highest BCUT2D eigenvalue weighted by atomic mass is 32.2. The Balaban J connectivity index is 4.13. The third kappa shape index (κ3) is 5.11. The van der Waals surface area contributed by atoms with Crippen LogP contribution in [-0.4, -0.2) is 49.0 Å². The Labute approximate surface area is 89.0 Å². The fourth-order valence-corrected chi connectivity index (χ4v) is 1.43. The minimum absolute atomic E-state index is 0.00949. The molecule has 0 aromatic heterocycles. The van der Waals surface area contributed by atoms with Crippen LogP contribution in [0.15, 0.2) is 0 Å². The Morgan fingerprint density at radius 3 is 2.50 bits per heavy atom. The van der Waals surface area contributed by atoms with Crippen molar-refractivity contribution in [1.29, 1.82) is 0 Å². The van der Waals surface area contributed by atoms with E-state index >= 15 is 0 Å². The molecule has 0 atom stereocenters. The van der Waals surface area contributed by atoms with Crippen LogP contribution >= 0.6 is 11.8 Å². The van der Waals surface area contributed by atoms with Crippen molar-refractivity contribution in [3.8, 4) is 0 Å². The number of esters is 1. The summed E-state index contributed by atoms with van der Waals surface area (Å²) >= 11 is 1.46. The van der Waals surface area contributed by atoms with Crippen LogP contribution in [-0.2, 0) is 14.3 Å². The maximum atomic E-state index is 11.5. The van der Waals surface area contributed by atoms with E-state index in [4.69, 9.17) is 0 Å². The molecule has 0 aliphatic rings. The number of carbonyl (C=O) groups excluding carboxylic acids is 2. The second-order valence-electron chi connectivity index (χ2n) is 2.82. The van der Waals surface area contributed by atoms with E-state index in [0.29, 0.717) is 12.3 Å². The standard InChI is InChI=1S/C9H17NO3S/c1-4-5-10(6-9(12)13-2)8(11)7-14-3/h4-7H2,1-3H3. The van der Waals surface area contributed by atoms with Crippen LogP contribution in [0, 0.1) is 0 Å². The van der Waals surface area contributed by atoms with Gasteiger partial charge in [0.1, 0.15) is 6.54 Å². The summed E-state index contributed by atoms with van der Waals surface area (Å²) < 4.78 is 4.52. The molecular weight excluding hydrogens is 202 g/mol. The van der Waals surface area contributed by atoms with Gasteiger partial charge in [-0.1, -0.05) is 6.92 Å². The molecule has 0 aromatic rings. The average molecular weight is 219 g/mol. The lowest BCUT2D eigenvalue weighted by atomic mass is 10.4. The van der Waals surface area contributed by atoms with Crippen molar-refractivity contribution in [2.24, 2.45) is 0 Å². The Hall–Kier alpha value is -0.710. The maximum Gasteiger partial charge on any atom is 0.325 e. The van der Waals surface area contributed by atoms with Crippen LogP contribution in [0.4, 0.5) is 0 Å². The molecule has 0 spiro atoms. The van der Waals surface area contributed by atoms with Crippen LogP contribution in [0.3, 0.4) is 0 Å². The Morgan fingerprint density at radius 1 is 1.43 bits per heavy atom. The van der Waals surface area contributed by atoms with Crippen LogP contribution in [0.5, 0.6) is 0 Å². The maximum absolute atomic E-state index is 11.5. The molecule has 0 heterocycles. The number of amides is 1. The van der Waals surface area contributed by atoms with Gasteiger partial charge in [0.25, 0.3) is 0 Å². The first kappa shape index (κ1) is 13.3. The molecule has 0 aliphatic heterocycles. The van der Waals surface area contributed by atoms with Gasteiger partial charge >= 0.3 is 5.97 Å². The lowest BCUT2D eigenvalue weighted by Crippen LogP contribution is -2.37. The van der Waals surface area contributed by atoms with Gasteiger partial charge in [-0.05, 0) is 12.7 Å². The van der Waals surface area contributed by atoms with Crippen molar-refractivity contribution < 1.29 is 14.3 Å². The van der Waals surface area contributed by atoms with E-state index in [-0.39, 0.29) is 18.4 Å². The number of carbonyl (C=O) groups is 2. The molecule has 0 unspecified atom stereocenters. The number of hydrogen-bond donors (Lipinski definition) is 0. The fraction of sp³-hybridized carbons (Fsp3) is 0.778. The van der Waals surface area contributed by atoms with Gasteiger partial charge in [0.15, 0.2) is 0 Å². The van der Waals surface area contributed by atoms with Crippen LogP contribution in [0.2, 0.25) is 0 Å². The molecule has 0 N–H and O–H groups in total. The van der Waals surface area contributed by atoms with Crippen molar-refractivity contribution in [1.82, 2.24) is 4.90 Å². The normalized spacial score (nSPS) is 9.64. The molecule has 0 rings (SSSR count). The largest absolute Gasteiger partial charge is 0.468 e. The SMILES string of the molecule is CCCN(CC(=O)OC)C(=O)CSC. The molecular formula is C9H17NO3S. The number of ether oxygens (including phenoxy) is 1. The fourth-order valence-electron chi connectivity index (χ4n) is 0.997. The molecule has 0 radical (unpaired) electrons. The van der Waals surface area contributed by atoms with E-state index in [0.717, 1.165) is 6.42 Å². The van der Waals surface area contributed by atoms with Gasteiger partial charge < -0.3 is 9.64 Å². The highest BCUT2D eigenvalue weighted by Gasteiger charge is 2.15. The molecule has 0 fully saturated rings. The summed E-state index contributed by atoms with van der Waals surface area (Å²) in [7, 11) is 1.32. The van der Waals surface area contributed by atoms with Gasteiger partial charge in [0.2, 0.25) is 5.91 Å². The summed E-state index contributed by atoms with van der Waals surface area (Å²) in [5.74, 6) is 0.0365. The van der Waals surface area contributed by atoms with Gasteiger partial charge in [-0.2, -0.15) is 11.8 Å². The number of hydrogen-bond acceptors (Lipinski definition) is 4. The first-order chi connectivity index (χ1) is 6.65. The van der Waals surface area contributed by atoms with Crippen LogP contribution in [0.25, 0.3) is 0 Å². The summed E-state index contributed by atoms with van der Waals surface area (Å²) in [5.41, 5.74) is 0. The summed E-state index contributed by atoms with van der Waals surface area (Å²) in [6, 6.07) is 0. The summed E-state index contributed by atoms with van der Waals surface area (Å²) in [5, 5.41) is 0.